The van der Waals surface area contributed by atoms with Crippen molar-refractivity contribution in [2.45, 2.75) is 92.4 Å². The molecule has 0 amide bonds. The molecule has 0 spiro atoms. The van der Waals surface area contributed by atoms with Gasteiger partial charge >= 0.3 is 0 Å². The van der Waals surface area contributed by atoms with Crippen molar-refractivity contribution < 1.29 is 0 Å². The molecule has 7 rings (SSSR count). The van der Waals surface area contributed by atoms with Crippen molar-refractivity contribution >= 4 is 51.2 Å². The molecule has 0 radical (unpaired) electrons. The molecule has 0 bridgehead atoms. The number of hydrogen-bond donors (Lipinski definition) is 0. The molecule has 0 N–H and O–H groups in total. The second-order valence-corrected chi connectivity index (χ2v) is 16.0. The number of unbranched alkanes of at least 4 members (excludes halogenated alkanes) is 3. The predicted molar refractivity (Wildman–Crippen MR) is 256 cm³/mol. The Hall–Kier alpha value is -6.06. The Labute approximate surface area is 354 Å². The van der Waals surface area contributed by atoms with Crippen LogP contribution in [0.25, 0.3) is 0 Å². The molecule has 59 heavy (non-hydrogen) atoms. The number of aryl methyl sites for hydroxylation is 5. The van der Waals surface area contributed by atoms with Crippen LogP contribution in [-0.4, -0.2) is 0 Å². The van der Waals surface area contributed by atoms with Crippen LogP contribution >= 0.6 is 0 Å². The Kier molecular flexibility index (Phi) is 14.0. The van der Waals surface area contributed by atoms with Crippen molar-refractivity contribution in [1.29, 1.82) is 0 Å². The molecular formula is C56H61N3. The summed E-state index contributed by atoms with van der Waals surface area (Å²) in [6, 6.07) is 63.2. The van der Waals surface area contributed by atoms with Gasteiger partial charge in [0.1, 0.15) is 0 Å². The molecule has 0 aliphatic heterocycles. The van der Waals surface area contributed by atoms with E-state index in [1.54, 1.807) is 0 Å². The van der Waals surface area contributed by atoms with Crippen LogP contribution in [0.3, 0.4) is 0 Å². The fourth-order valence-corrected chi connectivity index (χ4v) is 7.81. The van der Waals surface area contributed by atoms with E-state index in [-0.39, 0.29) is 0 Å². The summed E-state index contributed by atoms with van der Waals surface area (Å²) in [4.78, 5) is 7.11. The van der Waals surface area contributed by atoms with Crippen LogP contribution in [-0.2, 0) is 19.3 Å². The standard InChI is InChI=1S/C56H61N3/c1-6-9-12-45-19-29-50(30-20-45)58(51-31-21-46(22-32-51)13-10-7-2)54-37-41-56(42-38-54)59(52-33-23-47(24-34-52)14-11-8-3)55-39-35-53(36-40-55)57(48-25-15-43(4)16-26-48)49-27-17-44(5)18-28-49/h15-42H,6-14H2,1-5H3. The number of anilines is 9. The average molecular weight is 776 g/mol. The first-order chi connectivity index (χ1) is 28.9. The largest absolute Gasteiger partial charge is 0.311 e. The summed E-state index contributed by atoms with van der Waals surface area (Å²) in [6.07, 6.45) is 10.5. The summed E-state index contributed by atoms with van der Waals surface area (Å²) >= 11 is 0. The molecule has 0 fully saturated rings. The van der Waals surface area contributed by atoms with Gasteiger partial charge < -0.3 is 14.7 Å². The van der Waals surface area contributed by atoms with Crippen molar-refractivity contribution in [2.75, 3.05) is 14.7 Å². The van der Waals surface area contributed by atoms with Gasteiger partial charge in [0.15, 0.2) is 0 Å². The highest BCUT2D eigenvalue weighted by Crippen LogP contribution is 2.41. The summed E-state index contributed by atoms with van der Waals surface area (Å²) < 4.78 is 0. The van der Waals surface area contributed by atoms with Crippen molar-refractivity contribution in [3.8, 4) is 0 Å². The zero-order valence-electron chi connectivity index (χ0n) is 35.9. The average Bonchev–Trinajstić information content (AvgIpc) is 3.28. The molecule has 0 saturated heterocycles. The zero-order valence-corrected chi connectivity index (χ0v) is 35.9. The van der Waals surface area contributed by atoms with Gasteiger partial charge in [-0.1, -0.05) is 112 Å². The predicted octanol–water partition coefficient (Wildman–Crippen LogP) is 16.7. The molecular weight excluding hydrogens is 715 g/mol. The summed E-state index contributed by atoms with van der Waals surface area (Å²) in [6.45, 7) is 11.1. The third-order valence-corrected chi connectivity index (χ3v) is 11.4. The number of benzene rings is 7. The highest BCUT2D eigenvalue weighted by atomic mass is 15.2. The Morgan fingerprint density at radius 1 is 0.254 bits per heavy atom. The van der Waals surface area contributed by atoms with E-state index in [0.29, 0.717) is 0 Å². The third-order valence-electron chi connectivity index (χ3n) is 11.4. The lowest BCUT2D eigenvalue weighted by atomic mass is 10.1. The zero-order chi connectivity index (χ0) is 41.0. The molecule has 3 nitrogen and oxygen atoms in total. The molecule has 7 aromatic carbocycles. The van der Waals surface area contributed by atoms with E-state index in [9.17, 15) is 0 Å². The summed E-state index contributed by atoms with van der Waals surface area (Å²) in [7, 11) is 0. The normalized spacial score (nSPS) is 11.1. The smallest absolute Gasteiger partial charge is 0.0463 e. The van der Waals surface area contributed by atoms with Gasteiger partial charge in [0.2, 0.25) is 0 Å². The maximum absolute atomic E-state index is 2.39. The Morgan fingerprint density at radius 2 is 0.424 bits per heavy atom. The molecule has 0 saturated carbocycles. The van der Waals surface area contributed by atoms with Gasteiger partial charge in [-0.3, -0.25) is 0 Å². The molecule has 0 aliphatic rings. The van der Waals surface area contributed by atoms with Crippen molar-refractivity contribution in [1.82, 2.24) is 0 Å². The van der Waals surface area contributed by atoms with E-state index in [1.807, 2.05) is 0 Å². The second kappa shape index (κ2) is 20.1. The van der Waals surface area contributed by atoms with Gasteiger partial charge in [0.05, 0.1) is 0 Å². The van der Waals surface area contributed by atoms with E-state index < -0.39 is 0 Å². The second-order valence-electron chi connectivity index (χ2n) is 16.0. The van der Waals surface area contributed by atoms with Gasteiger partial charge in [-0.2, -0.15) is 0 Å². The molecule has 0 unspecified atom stereocenters. The van der Waals surface area contributed by atoms with Gasteiger partial charge in [-0.25, -0.2) is 0 Å². The van der Waals surface area contributed by atoms with Gasteiger partial charge in [0.25, 0.3) is 0 Å². The highest BCUT2D eigenvalue weighted by Gasteiger charge is 2.18. The summed E-state index contributed by atoms with van der Waals surface area (Å²) in [5, 5.41) is 0. The summed E-state index contributed by atoms with van der Waals surface area (Å²) in [5.74, 6) is 0. The lowest BCUT2D eigenvalue weighted by Crippen LogP contribution is -2.13. The number of hydrogen-bond acceptors (Lipinski definition) is 3. The number of rotatable bonds is 18. The first kappa shape index (κ1) is 41.1. The highest BCUT2D eigenvalue weighted by molar-refractivity contribution is 5.83. The van der Waals surface area contributed by atoms with Crippen LogP contribution < -0.4 is 14.7 Å². The Morgan fingerprint density at radius 3 is 0.610 bits per heavy atom. The van der Waals surface area contributed by atoms with Crippen molar-refractivity contribution in [3.05, 3.63) is 198 Å². The monoisotopic (exact) mass is 775 g/mol. The SMILES string of the molecule is CCCCc1ccc(N(c2ccc(CCCC)cc2)c2ccc(N(c3ccc(CCCC)cc3)c3ccc(N(c4ccc(C)cc4)c4ccc(C)cc4)cc3)cc2)cc1. The minimum atomic E-state index is 1.10. The maximum atomic E-state index is 2.39. The van der Waals surface area contributed by atoms with E-state index in [2.05, 4.69) is 219 Å². The molecule has 0 aromatic heterocycles. The fourth-order valence-electron chi connectivity index (χ4n) is 7.81. The van der Waals surface area contributed by atoms with E-state index in [0.717, 1.165) is 59.1 Å². The number of nitrogens with zero attached hydrogens (tertiary/aromatic N) is 3. The Balaban J connectivity index is 1.26. The third kappa shape index (κ3) is 10.3. The van der Waals surface area contributed by atoms with E-state index >= 15 is 0 Å². The van der Waals surface area contributed by atoms with Crippen molar-refractivity contribution in [2.24, 2.45) is 0 Å². The lowest BCUT2D eigenvalue weighted by molar-refractivity contribution is 0.795. The van der Waals surface area contributed by atoms with Crippen LogP contribution in [0.2, 0.25) is 0 Å². The van der Waals surface area contributed by atoms with E-state index in [1.165, 1.54) is 77.7 Å². The van der Waals surface area contributed by atoms with Crippen LogP contribution in [0.15, 0.2) is 170 Å². The Bertz CT molecular complexity index is 2210. The van der Waals surface area contributed by atoms with Crippen LogP contribution in [0.1, 0.15) is 87.1 Å². The van der Waals surface area contributed by atoms with Crippen LogP contribution in [0, 0.1) is 13.8 Å². The molecule has 7 aromatic rings. The minimum Gasteiger partial charge on any atom is -0.311 e. The topological polar surface area (TPSA) is 9.72 Å². The minimum absolute atomic E-state index is 1.10. The van der Waals surface area contributed by atoms with Crippen LogP contribution in [0.5, 0.6) is 0 Å². The fraction of sp³-hybridized carbons (Fsp3) is 0.250. The van der Waals surface area contributed by atoms with Crippen molar-refractivity contribution in [3.63, 3.8) is 0 Å². The summed E-state index contributed by atoms with van der Waals surface area (Å²) in [5.41, 5.74) is 16.9. The molecule has 0 heterocycles. The first-order valence-electron chi connectivity index (χ1n) is 21.9. The first-order valence-corrected chi connectivity index (χ1v) is 21.9. The molecule has 300 valence electrons. The molecule has 3 heteroatoms. The van der Waals surface area contributed by atoms with Gasteiger partial charge in [-0.05, 0) is 178 Å². The quantitative estimate of drug-likeness (QED) is 0.0859. The maximum Gasteiger partial charge on any atom is 0.0463 e. The van der Waals surface area contributed by atoms with E-state index in [4.69, 9.17) is 0 Å². The molecule has 0 aliphatic carbocycles. The van der Waals surface area contributed by atoms with Crippen LogP contribution in [0.4, 0.5) is 51.2 Å². The van der Waals surface area contributed by atoms with Gasteiger partial charge in [-0.15, -0.1) is 0 Å². The van der Waals surface area contributed by atoms with Gasteiger partial charge in [0, 0.05) is 51.2 Å². The lowest BCUT2D eigenvalue weighted by Gasteiger charge is -2.29. The molecule has 0 atom stereocenters.